The van der Waals surface area contributed by atoms with Gasteiger partial charge in [-0.25, -0.2) is 0 Å². The molecule has 76 valence electrons. The van der Waals surface area contributed by atoms with E-state index >= 15 is 0 Å². The first-order valence-electron chi connectivity index (χ1n) is 4.85. The van der Waals surface area contributed by atoms with Crippen LogP contribution in [0.2, 0.25) is 0 Å². The van der Waals surface area contributed by atoms with Crippen molar-refractivity contribution in [3.8, 4) is 0 Å². The minimum absolute atomic E-state index is 0.980. The Morgan fingerprint density at radius 2 is 1.47 bits per heavy atom. The van der Waals surface area contributed by atoms with Gasteiger partial charge in [0.1, 0.15) is 0 Å². The zero-order valence-electron chi connectivity index (χ0n) is 8.52. The average molecular weight is 218 g/mol. The molecule has 2 rings (SSSR count). The van der Waals surface area contributed by atoms with E-state index in [1.54, 1.807) is 4.42 Å². The lowest BCUT2D eigenvalue weighted by Gasteiger charge is -2.17. The Balaban J connectivity index is 2.37. The molecule has 15 heavy (non-hydrogen) atoms. The van der Waals surface area contributed by atoms with Gasteiger partial charge in [0.2, 0.25) is 0 Å². The van der Waals surface area contributed by atoms with E-state index in [1.807, 2.05) is 61.5 Å². The lowest BCUT2D eigenvalue weighted by molar-refractivity contribution is 1.35. The largest absolute Gasteiger partial charge is 0.253 e. The summed E-state index contributed by atoms with van der Waals surface area (Å²) in [7, 11) is 0. The summed E-state index contributed by atoms with van der Waals surface area (Å²) in [6, 6.07) is 18.0. The van der Waals surface area contributed by atoms with Crippen molar-refractivity contribution in [3.05, 3.63) is 60.2 Å². The molecule has 0 spiro atoms. The summed E-state index contributed by atoms with van der Waals surface area (Å²) in [6.45, 7) is 2.05. The quantitative estimate of drug-likeness (QED) is 0.679. The van der Waals surface area contributed by atoms with E-state index in [1.165, 1.54) is 0 Å². The minimum Gasteiger partial charge on any atom is -0.253 e. The van der Waals surface area contributed by atoms with Crippen molar-refractivity contribution in [2.45, 2.75) is 6.92 Å². The molecule has 0 amide bonds. The average Bonchev–Trinajstić information content (AvgIpc) is 2.30. The second-order valence-corrected chi connectivity index (χ2v) is 3.74. The fourth-order valence-corrected chi connectivity index (χ4v) is 1.78. The molecule has 0 atom stereocenters. The fourth-order valence-electron chi connectivity index (χ4n) is 1.48. The van der Waals surface area contributed by atoms with E-state index in [2.05, 4.69) is 0 Å². The summed E-state index contributed by atoms with van der Waals surface area (Å²) >= 11 is 6.27. The standard InChI is InChI=1S/C13H12ClN/c1-11-7-5-6-10-13(11)15(14)12-8-3-2-4-9-12/h2-10H,1H3. The third-order valence-corrected chi connectivity index (χ3v) is 2.69. The van der Waals surface area contributed by atoms with Crippen LogP contribution in [-0.2, 0) is 0 Å². The molecule has 2 heteroatoms. The molecule has 0 radical (unpaired) electrons. The number of nitrogens with zero attached hydrogens (tertiary/aromatic N) is 1. The van der Waals surface area contributed by atoms with Crippen LogP contribution in [0.3, 0.4) is 0 Å². The van der Waals surface area contributed by atoms with Crippen molar-refractivity contribution < 1.29 is 0 Å². The van der Waals surface area contributed by atoms with Gasteiger partial charge in [-0.3, -0.25) is 4.42 Å². The van der Waals surface area contributed by atoms with Gasteiger partial charge in [-0.2, -0.15) is 0 Å². The van der Waals surface area contributed by atoms with E-state index in [0.29, 0.717) is 0 Å². The van der Waals surface area contributed by atoms with Crippen molar-refractivity contribution in [1.29, 1.82) is 0 Å². The van der Waals surface area contributed by atoms with Crippen LogP contribution in [0.5, 0.6) is 0 Å². The first-order chi connectivity index (χ1) is 7.29. The van der Waals surface area contributed by atoms with Crippen LogP contribution < -0.4 is 4.42 Å². The highest BCUT2D eigenvalue weighted by Crippen LogP contribution is 2.29. The first-order valence-corrected chi connectivity index (χ1v) is 5.19. The molecule has 0 N–H and O–H groups in total. The molecular weight excluding hydrogens is 206 g/mol. The monoisotopic (exact) mass is 217 g/mol. The zero-order chi connectivity index (χ0) is 10.7. The summed E-state index contributed by atoms with van der Waals surface area (Å²) in [5.41, 5.74) is 3.16. The van der Waals surface area contributed by atoms with Gasteiger partial charge in [0, 0.05) is 11.8 Å². The van der Waals surface area contributed by atoms with Crippen LogP contribution in [0.1, 0.15) is 5.56 Å². The van der Waals surface area contributed by atoms with Crippen molar-refractivity contribution in [1.82, 2.24) is 0 Å². The molecule has 0 saturated heterocycles. The zero-order valence-corrected chi connectivity index (χ0v) is 9.28. The molecule has 2 aromatic carbocycles. The lowest BCUT2D eigenvalue weighted by Crippen LogP contribution is -2.02. The summed E-state index contributed by atoms with van der Waals surface area (Å²) < 4.78 is 1.68. The molecule has 0 bridgehead atoms. The normalized spacial score (nSPS) is 10.0. The van der Waals surface area contributed by atoms with Crippen molar-refractivity contribution >= 4 is 23.2 Å². The number of benzene rings is 2. The molecule has 0 fully saturated rings. The summed E-state index contributed by atoms with van der Waals surface area (Å²) in [5, 5.41) is 0. The highest BCUT2D eigenvalue weighted by atomic mass is 35.5. The first kappa shape index (κ1) is 10.1. The van der Waals surface area contributed by atoms with Gasteiger partial charge in [0.25, 0.3) is 0 Å². The Morgan fingerprint density at radius 3 is 2.13 bits per heavy atom. The number of hydrogen-bond acceptors (Lipinski definition) is 1. The SMILES string of the molecule is Cc1ccccc1N(Cl)c1ccccc1. The molecule has 0 aromatic heterocycles. The highest BCUT2D eigenvalue weighted by Gasteiger charge is 2.07. The minimum atomic E-state index is 0.980. The maximum absolute atomic E-state index is 6.27. The maximum Gasteiger partial charge on any atom is 0.0610 e. The second kappa shape index (κ2) is 4.37. The van der Waals surface area contributed by atoms with Crippen LogP contribution in [0, 0.1) is 6.92 Å². The maximum atomic E-state index is 6.27. The topological polar surface area (TPSA) is 3.24 Å². The number of rotatable bonds is 2. The third-order valence-electron chi connectivity index (χ3n) is 2.31. The number of hydrogen-bond donors (Lipinski definition) is 0. The summed E-state index contributed by atoms with van der Waals surface area (Å²) in [6.07, 6.45) is 0. The van der Waals surface area contributed by atoms with Gasteiger partial charge in [0.05, 0.1) is 11.4 Å². The van der Waals surface area contributed by atoms with Crippen molar-refractivity contribution in [2.75, 3.05) is 4.42 Å². The number of para-hydroxylation sites is 2. The lowest BCUT2D eigenvalue weighted by atomic mass is 10.2. The van der Waals surface area contributed by atoms with Gasteiger partial charge in [0.15, 0.2) is 0 Å². The molecule has 0 heterocycles. The van der Waals surface area contributed by atoms with Gasteiger partial charge < -0.3 is 0 Å². The smallest absolute Gasteiger partial charge is 0.0610 e. The Labute approximate surface area is 95.0 Å². The second-order valence-electron chi connectivity index (χ2n) is 3.40. The van der Waals surface area contributed by atoms with Gasteiger partial charge in [-0.15, -0.1) is 0 Å². The summed E-state index contributed by atoms with van der Waals surface area (Å²) in [5.74, 6) is 0. The Morgan fingerprint density at radius 1 is 0.867 bits per heavy atom. The highest BCUT2D eigenvalue weighted by molar-refractivity contribution is 6.29. The number of anilines is 2. The molecule has 2 aromatic rings. The predicted molar refractivity (Wildman–Crippen MR) is 65.6 cm³/mol. The van der Waals surface area contributed by atoms with Gasteiger partial charge in [-0.1, -0.05) is 36.4 Å². The Hall–Kier alpha value is -1.47. The van der Waals surface area contributed by atoms with Crippen LogP contribution in [0.15, 0.2) is 54.6 Å². The molecule has 0 aliphatic heterocycles. The van der Waals surface area contributed by atoms with E-state index < -0.39 is 0 Å². The van der Waals surface area contributed by atoms with Crippen LogP contribution >= 0.6 is 11.8 Å². The van der Waals surface area contributed by atoms with E-state index in [-0.39, 0.29) is 0 Å². The Bertz CT molecular complexity index is 439. The van der Waals surface area contributed by atoms with Crippen molar-refractivity contribution in [2.24, 2.45) is 0 Å². The molecule has 0 unspecified atom stereocenters. The molecule has 0 saturated carbocycles. The molecule has 1 nitrogen and oxygen atoms in total. The van der Waals surface area contributed by atoms with E-state index in [9.17, 15) is 0 Å². The predicted octanol–water partition coefficient (Wildman–Crippen LogP) is 4.29. The molecule has 0 aliphatic rings. The van der Waals surface area contributed by atoms with Crippen LogP contribution in [0.4, 0.5) is 11.4 Å². The third kappa shape index (κ3) is 2.13. The Kier molecular flexibility index (Phi) is 2.93. The molecular formula is C13H12ClN. The van der Waals surface area contributed by atoms with E-state index in [4.69, 9.17) is 11.8 Å². The fraction of sp³-hybridized carbons (Fsp3) is 0.0769. The van der Waals surface area contributed by atoms with E-state index in [0.717, 1.165) is 16.9 Å². The van der Waals surface area contributed by atoms with Gasteiger partial charge >= 0.3 is 0 Å². The van der Waals surface area contributed by atoms with Gasteiger partial charge in [-0.05, 0) is 30.7 Å². The number of aryl methyl sites for hydroxylation is 1. The van der Waals surface area contributed by atoms with Crippen LogP contribution in [0.25, 0.3) is 0 Å². The molecule has 0 aliphatic carbocycles. The van der Waals surface area contributed by atoms with Crippen LogP contribution in [-0.4, -0.2) is 0 Å². The number of halogens is 1. The van der Waals surface area contributed by atoms with Crippen molar-refractivity contribution in [3.63, 3.8) is 0 Å². The summed E-state index contributed by atoms with van der Waals surface area (Å²) in [4.78, 5) is 0.